The predicted octanol–water partition coefficient (Wildman–Crippen LogP) is 1.82. The van der Waals surface area contributed by atoms with Gasteiger partial charge in [-0.2, -0.15) is 5.10 Å². The van der Waals surface area contributed by atoms with Gasteiger partial charge in [-0.25, -0.2) is 5.10 Å². The second kappa shape index (κ2) is 2.85. The van der Waals surface area contributed by atoms with Gasteiger partial charge in [-0.3, -0.25) is 4.79 Å². The maximum absolute atomic E-state index is 11.8. The molecule has 0 fully saturated rings. The standard InChI is InChI=1S/C13H9N3O/c17-13-11-9-5-7-3-1-2-4-8(7)12(9)15-10(11)6-14-16-13/h1-4,6,15H,5H2,(H,16,17). The van der Waals surface area contributed by atoms with Crippen molar-refractivity contribution < 1.29 is 0 Å². The second-order valence-corrected chi connectivity index (χ2v) is 4.30. The van der Waals surface area contributed by atoms with E-state index in [1.54, 1.807) is 6.20 Å². The van der Waals surface area contributed by atoms with Crippen LogP contribution < -0.4 is 5.56 Å². The summed E-state index contributed by atoms with van der Waals surface area (Å²) in [7, 11) is 0. The summed E-state index contributed by atoms with van der Waals surface area (Å²) in [4.78, 5) is 15.1. The summed E-state index contributed by atoms with van der Waals surface area (Å²) in [5.74, 6) is 0. The topological polar surface area (TPSA) is 61.5 Å². The summed E-state index contributed by atoms with van der Waals surface area (Å²) in [6.45, 7) is 0. The number of nitrogens with one attached hydrogen (secondary N) is 2. The molecule has 2 heterocycles. The number of hydrogen-bond donors (Lipinski definition) is 2. The Hall–Kier alpha value is -2.36. The fourth-order valence-electron chi connectivity index (χ4n) is 2.64. The van der Waals surface area contributed by atoms with Crippen molar-refractivity contribution in [1.82, 2.24) is 15.2 Å². The first-order valence-corrected chi connectivity index (χ1v) is 5.51. The van der Waals surface area contributed by atoms with Crippen molar-refractivity contribution >= 4 is 10.9 Å². The Bertz CT molecular complexity index is 798. The average Bonchev–Trinajstić information content (AvgIpc) is 2.85. The number of aromatic amines is 2. The number of nitrogens with zero attached hydrogens (tertiary/aromatic N) is 1. The van der Waals surface area contributed by atoms with E-state index in [0.29, 0.717) is 0 Å². The van der Waals surface area contributed by atoms with Crippen LogP contribution in [0.1, 0.15) is 11.1 Å². The molecule has 17 heavy (non-hydrogen) atoms. The van der Waals surface area contributed by atoms with Crippen LogP contribution in [0.3, 0.4) is 0 Å². The number of benzene rings is 1. The fraction of sp³-hybridized carbons (Fsp3) is 0.0769. The summed E-state index contributed by atoms with van der Waals surface area (Å²) in [6.07, 6.45) is 2.48. The van der Waals surface area contributed by atoms with Gasteiger partial charge in [0, 0.05) is 12.0 Å². The molecule has 4 heteroatoms. The first-order valence-electron chi connectivity index (χ1n) is 5.51. The first kappa shape index (κ1) is 8.75. The van der Waals surface area contributed by atoms with Crippen LogP contribution in [0.2, 0.25) is 0 Å². The zero-order chi connectivity index (χ0) is 11.4. The van der Waals surface area contributed by atoms with E-state index >= 15 is 0 Å². The molecule has 3 aromatic rings. The van der Waals surface area contributed by atoms with Gasteiger partial charge in [0.05, 0.1) is 22.8 Å². The van der Waals surface area contributed by atoms with Crippen molar-refractivity contribution in [2.45, 2.75) is 6.42 Å². The van der Waals surface area contributed by atoms with Crippen LogP contribution in [0.15, 0.2) is 35.3 Å². The van der Waals surface area contributed by atoms with E-state index < -0.39 is 0 Å². The third-order valence-corrected chi connectivity index (χ3v) is 3.37. The van der Waals surface area contributed by atoms with E-state index in [1.165, 1.54) is 11.1 Å². The van der Waals surface area contributed by atoms with E-state index in [-0.39, 0.29) is 5.56 Å². The van der Waals surface area contributed by atoms with Crippen molar-refractivity contribution in [3.05, 3.63) is 51.9 Å². The van der Waals surface area contributed by atoms with Crippen molar-refractivity contribution in [2.75, 3.05) is 0 Å². The molecule has 82 valence electrons. The Labute approximate surface area is 96.3 Å². The molecule has 0 atom stereocenters. The monoisotopic (exact) mass is 223 g/mol. The predicted molar refractivity (Wildman–Crippen MR) is 65.0 cm³/mol. The Morgan fingerprint density at radius 3 is 3.06 bits per heavy atom. The van der Waals surface area contributed by atoms with Gasteiger partial charge in [-0.1, -0.05) is 24.3 Å². The van der Waals surface area contributed by atoms with Gasteiger partial charge in [-0.05, 0) is 11.1 Å². The minimum absolute atomic E-state index is 0.118. The molecule has 2 N–H and O–H groups in total. The lowest BCUT2D eigenvalue weighted by Crippen LogP contribution is -2.07. The second-order valence-electron chi connectivity index (χ2n) is 4.30. The molecule has 2 aromatic heterocycles. The first-order chi connectivity index (χ1) is 8.34. The zero-order valence-electron chi connectivity index (χ0n) is 8.95. The van der Waals surface area contributed by atoms with Gasteiger partial charge in [0.25, 0.3) is 5.56 Å². The lowest BCUT2D eigenvalue weighted by Gasteiger charge is -1.97. The molecule has 0 spiro atoms. The maximum Gasteiger partial charge on any atom is 0.273 e. The highest BCUT2D eigenvalue weighted by molar-refractivity contribution is 5.93. The van der Waals surface area contributed by atoms with Crippen molar-refractivity contribution in [2.24, 2.45) is 0 Å². The lowest BCUT2D eigenvalue weighted by atomic mass is 10.1. The highest BCUT2D eigenvalue weighted by Crippen LogP contribution is 2.38. The molecular formula is C13H9N3O. The van der Waals surface area contributed by atoms with E-state index in [0.717, 1.165) is 28.6 Å². The molecule has 0 saturated carbocycles. The van der Waals surface area contributed by atoms with Crippen LogP contribution >= 0.6 is 0 Å². The van der Waals surface area contributed by atoms with Gasteiger partial charge in [0.1, 0.15) is 0 Å². The van der Waals surface area contributed by atoms with E-state index in [1.807, 2.05) is 12.1 Å². The summed E-state index contributed by atoms with van der Waals surface area (Å²) in [5.41, 5.74) is 5.31. The lowest BCUT2D eigenvalue weighted by molar-refractivity contribution is 1.01. The summed E-state index contributed by atoms with van der Waals surface area (Å²) in [5, 5.41) is 7.05. The van der Waals surface area contributed by atoms with E-state index in [9.17, 15) is 4.79 Å². The van der Waals surface area contributed by atoms with E-state index in [2.05, 4.69) is 27.3 Å². The molecule has 4 nitrogen and oxygen atoms in total. The van der Waals surface area contributed by atoms with Gasteiger partial charge in [-0.15, -0.1) is 0 Å². The quantitative estimate of drug-likeness (QED) is 0.477. The van der Waals surface area contributed by atoms with Crippen LogP contribution in [0, 0.1) is 0 Å². The van der Waals surface area contributed by atoms with Crippen LogP contribution in [0.5, 0.6) is 0 Å². The van der Waals surface area contributed by atoms with Gasteiger partial charge >= 0.3 is 0 Å². The molecule has 4 rings (SSSR count). The Morgan fingerprint density at radius 2 is 2.12 bits per heavy atom. The summed E-state index contributed by atoms with van der Waals surface area (Å²) >= 11 is 0. The molecule has 1 aliphatic carbocycles. The highest BCUT2D eigenvalue weighted by atomic mass is 16.1. The van der Waals surface area contributed by atoms with Gasteiger partial charge in [0.15, 0.2) is 0 Å². The molecule has 0 saturated heterocycles. The fourth-order valence-corrected chi connectivity index (χ4v) is 2.64. The van der Waals surface area contributed by atoms with Crippen molar-refractivity contribution in [3.63, 3.8) is 0 Å². The van der Waals surface area contributed by atoms with Crippen LogP contribution in [0.25, 0.3) is 22.2 Å². The van der Waals surface area contributed by atoms with E-state index in [4.69, 9.17) is 0 Å². The number of fused-ring (bicyclic) bond motifs is 5. The molecule has 1 aliphatic rings. The molecule has 0 amide bonds. The smallest absolute Gasteiger partial charge is 0.273 e. The summed E-state index contributed by atoms with van der Waals surface area (Å²) < 4.78 is 0. The average molecular weight is 223 g/mol. The number of rotatable bonds is 0. The molecule has 0 bridgehead atoms. The van der Waals surface area contributed by atoms with Crippen LogP contribution in [-0.4, -0.2) is 15.2 Å². The molecule has 0 radical (unpaired) electrons. The van der Waals surface area contributed by atoms with Gasteiger partial charge < -0.3 is 4.98 Å². The van der Waals surface area contributed by atoms with Crippen LogP contribution in [-0.2, 0) is 6.42 Å². The number of aromatic nitrogens is 3. The Kier molecular flexibility index (Phi) is 1.47. The van der Waals surface area contributed by atoms with Gasteiger partial charge in [0.2, 0.25) is 0 Å². The minimum atomic E-state index is -0.118. The SMILES string of the molecule is O=c1[nH]ncc2[nH]c3c(c12)Cc1ccccc1-3. The normalized spacial score (nSPS) is 12.7. The highest BCUT2D eigenvalue weighted by Gasteiger charge is 2.23. The van der Waals surface area contributed by atoms with Crippen molar-refractivity contribution in [1.29, 1.82) is 0 Å². The number of H-pyrrole nitrogens is 2. The molecule has 1 aromatic carbocycles. The molecular weight excluding hydrogens is 214 g/mol. The Balaban J connectivity index is 2.17. The third kappa shape index (κ3) is 1.02. The minimum Gasteiger partial charge on any atom is -0.353 e. The van der Waals surface area contributed by atoms with Crippen LogP contribution in [0.4, 0.5) is 0 Å². The van der Waals surface area contributed by atoms with Crippen molar-refractivity contribution in [3.8, 4) is 11.3 Å². The largest absolute Gasteiger partial charge is 0.353 e. The molecule has 0 unspecified atom stereocenters. The zero-order valence-corrected chi connectivity index (χ0v) is 8.95. The molecule has 0 aliphatic heterocycles. The number of hydrogen-bond acceptors (Lipinski definition) is 2. The summed E-state index contributed by atoms with van der Waals surface area (Å²) in [6, 6.07) is 8.23. The third-order valence-electron chi connectivity index (χ3n) is 3.37. The maximum atomic E-state index is 11.8. The Morgan fingerprint density at radius 1 is 1.24 bits per heavy atom.